The number of rotatable bonds is 3. The molecule has 0 radical (unpaired) electrons. The number of hydrogen-bond donors (Lipinski definition) is 0. The van der Waals surface area contributed by atoms with E-state index in [4.69, 9.17) is 22.3 Å². The molecule has 0 spiro atoms. The summed E-state index contributed by atoms with van der Waals surface area (Å²) >= 11 is 5.52. The Morgan fingerprint density at radius 1 is 1.32 bits per heavy atom. The number of hydrogen-bond acceptors (Lipinski definition) is 3. The molecule has 1 fully saturated rings. The molecule has 0 aromatic heterocycles. The van der Waals surface area contributed by atoms with E-state index in [1.165, 1.54) is 6.07 Å². The summed E-state index contributed by atoms with van der Waals surface area (Å²) in [6, 6.07) is 3.11. The molecular formula is C12H10Cl2F3NO3S. The van der Waals surface area contributed by atoms with Gasteiger partial charge in [-0.1, -0.05) is 11.6 Å². The fraction of sp³-hybridized carbons (Fsp3) is 0.417. The van der Waals surface area contributed by atoms with Gasteiger partial charge in [-0.05, 0) is 18.2 Å². The van der Waals surface area contributed by atoms with E-state index in [9.17, 15) is 26.4 Å². The molecule has 1 aliphatic heterocycles. The first kappa shape index (κ1) is 17.4. The number of nitrogens with zero attached hydrogens (tertiary/aromatic N) is 1. The Kier molecular flexibility index (Phi) is 4.66. The van der Waals surface area contributed by atoms with Crippen molar-refractivity contribution >= 4 is 42.9 Å². The first-order chi connectivity index (χ1) is 9.97. The zero-order chi connectivity index (χ0) is 16.7. The number of halogens is 5. The van der Waals surface area contributed by atoms with E-state index in [-0.39, 0.29) is 18.7 Å². The lowest BCUT2D eigenvalue weighted by Gasteiger charge is -2.19. The van der Waals surface area contributed by atoms with E-state index < -0.39 is 43.4 Å². The van der Waals surface area contributed by atoms with Gasteiger partial charge in [-0.15, -0.1) is 0 Å². The van der Waals surface area contributed by atoms with Crippen LogP contribution in [0.4, 0.5) is 18.9 Å². The highest BCUT2D eigenvalue weighted by atomic mass is 35.7. The predicted molar refractivity (Wildman–Crippen MR) is 76.6 cm³/mol. The molecule has 1 atom stereocenters. The van der Waals surface area contributed by atoms with Crippen molar-refractivity contribution in [1.82, 2.24) is 0 Å². The highest BCUT2D eigenvalue weighted by molar-refractivity contribution is 8.13. The topological polar surface area (TPSA) is 54.5 Å². The van der Waals surface area contributed by atoms with E-state index in [1.807, 2.05) is 0 Å². The number of carbonyl (C=O) groups excluding carboxylic acids is 1. The van der Waals surface area contributed by atoms with Crippen LogP contribution in [-0.2, 0) is 20.0 Å². The average molecular weight is 376 g/mol. The second-order valence-corrected chi connectivity index (χ2v) is 8.17. The summed E-state index contributed by atoms with van der Waals surface area (Å²) in [6.45, 7) is -0.0102. The third-order valence-corrected chi connectivity index (χ3v) is 4.78. The largest absolute Gasteiger partial charge is 0.417 e. The highest BCUT2D eigenvalue weighted by Crippen LogP contribution is 2.38. The van der Waals surface area contributed by atoms with Crippen LogP contribution in [0, 0.1) is 5.92 Å². The van der Waals surface area contributed by atoms with E-state index in [0.717, 1.165) is 17.0 Å². The summed E-state index contributed by atoms with van der Waals surface area (Å²) in [7, 11) is 1.35. The zero-order valence-electron chi connectivity index (χ0n) is 10.9. The van der Waals surface area contributed by atoms with Crippen LogP contribution in [0.25, 0.3) is 0 Å². The first-order valence-corrected chi connectivity index (χ1v) is 8.92. The molecular weight excluding hydrogens is 366 g/mol. The fourth-order valence-electron chi connectivity index (χ4n) is 2.32. The SMILES string of the molecule is O=C1CC(CS(=O)(=O)Cl)CN1c1ccc(Cl)c(C(F)(F)F)c1. The average Bonchev–Trinajstić information content (AvgIpc) is 2.66. The number of carbonyl (C=O) groups is 1. The smallest absolute Gasteiger partial charge is 0.312 e. The van der Waals surface area contributed by atoms with Crippen molar-refractivity contribution in [3.05, 3.63) is 28.8 Å². The molecule has 0 N–H and O–H groups in total. The maximum absolute atomic E-state index is 12.8. The van der Waals surface area contributed by atoms with Gasteiger partial charge in [0.05, 0.1) is 16.3 Å². The van der Waals surface area contributed by atoms with Gasteiger partial charge in [0.15, 0.2) is 0 Å². The molecule has 0 bridgehead atoms. The van der Waals surface area contributed by atoms with E-state index in [1.54, 1.807) is 0 Å². The summed E-state index contributed by atoms with van der Waals surface area (Å²) in [6.07, 6.45) is -4.73. The quantitative estimate of drug-likeness (QED) is 0.761. The third-order valence-electron chi connectivity index (χ3n) is 3.21. The molecule has 1 heterocycles. The Balaban J connectivity index is 2.28. The van der Waals surface area contributed by atoms with Gasteiger partial charge in [-0.2, -0.15) is 13.2 Å². The fourth-order valence-corrected chi connectivity index (χ4v) is 3.87. The molecule has 1 aromatic rings. The second kappa shape index (κ2) is 5.90. The molecule has 1 aliphatic rings. The maximum atomic E-state index is 12.8. The van der Waals surface area contributed by atoms with Crippen molar-refractivity contribution in [1.29, 1.82) is 0 Å². The molecule has 1 unspecified atom stereocenters. The third kappa shape index (κ3) is 4.05. The van der Waals surface area contributed by atoms with Gasteiger partial charge in [-0.3, -0.25) is 4.79 Å². The summed E-state index contributed by atoms with van der Waals surface area (Å²) in [5.74, 6) is -1.42. The molecule has 1 saturated heterocycles. The normalized spacial score (nSPS) is 19.8. The second-order valence-electron chi connectivity index (χ2n) is 4.94. The molecule has 1 aromatic carbocycles. The molecule has 122 valence electrons. The van der Waals surface area contributed by atoms with Crippen molar-refractivity contribution in [3.8, 4) is 0 Å². The summed E-state index contributed by atoms with van der Waals surface area (Å²) in [5.41, 5.74) is -1.02. The standard InChI is InChI=1S/C12H10Cl2F3NO3S/c13-10-2-1-8(4-9(10)12(15,16)17)18-5-7(3-11(18)19)6-22(14,20)21/h1-2,4,7H,3,5-6H2. The Morgan fingerprint density at radius 3 is 2.50 bits per heavy atom. The van der Waals surface area contributed by atoms with Gasteiger partial charge in [0, 0.05) is 35.3 Å². The van der Waals surface area contributed by atoms with Crippen LogP contribution in [0.2, 0.25) is 5.02 Å². The lowest BCUT2D eigenvalue weighted by Crippen LogP contribution is -2.25. The summed E-state index contributed by atoms with van der Waals surface area (Å²) in [5, 5.41) is -0.470. The van der Waals surface area contributed by atoms with Crippen LogP contribution >= 0.6 is 22.3 Å². The molecule has 22 heavy (non-hydrogen) atoms. The lowest BCUT2D eigenvalue weighted by molar-refractivity contribution is -0.137. The van der Waals surface area contributed by atoms with Gasteiger partial charge in [0.2, 0.25) is 15.0 Å². The zero-order valence-corrected chi connectivity index (χ0v) is 13.2. The predicted octanol–water partition coefficient (Wildman–Crippen LogP) is 3.28. The van der Waals surface area contributed by atoms with Crippen molar-refractivity contribution < 1.29 is 26.4 Å². The van der Waals surface area contributed by atoms with Crippen molar-refractivity contribution in [2.24, 2.45) is 5.92 Å². The van der Waals surface area contributed by atoms with Gasteiger partial charge in [-0.25, -0.2) is 8.42 Å². The molecule has 2 rings (SSSR count). The number of anilines is 1. The summed E-state index contributed by atoms with van der Waals surface area (Å²) < 4.78 is 60.6. The van der Waals surface area contributed by atoms with Crippen LogP contribution in [0.5, 0.6) is 0 Å². The monoisotopic (exact) mass is 375 g/mol. The Bertz CT molecular complexity index is 706. The molecule has 0 aliphatic carbocycles. The van der Waals surface area contributed by atoms with Crippen LogP contribution in [-0.4, -0.2) is 26.6 Å². The van der Waals surface area contributed by atoms with Crippen LogP contribution in [0.15, 0.2) is 18.2 Å². The van der Waals surface area contributed by atoms with E-state index in [0.29, 0.717) is 0 Å². The number of amides is 1. The molecule has 10 heteroatoms. The lowest BCUT2D eigenvalue weighted by atomic mass is 10.1. The Labute approximate surface area is 134 Å². The van der Waals surface area contributed by atoms with Crippen LogP contribution in [0.3, 0.4) is 0 Å². The van der Waals surface area contributed by atoms with E-state index in [2.05, 4.69) is 0 Å². The number of benzene rings is 1. The molecule has 1 amide bonds. The minimum atomic E-state index is -4.64. The summed E-state index contributed by atoms with van der Waals surface area (Å²) in [4.78, 5) is 13.0. The Hall–Kier alpha value is -0.990. The van der Waals surface area contributed by atoms with Crippen LogP contribution in [0.1, 0.15) is 12.0 Å². The van der Waals surface area contributed by atoms with Gasteiger partial charge < -0.3 is 4.90 Å². The highest BCUT2D eigenvalue weighted by Gasteiger charge is 2.37. The maximum Gasteiger partial charge on any atom is 0.417 e. The van der Waals surface area contributed by atoms with Crippen molar-refractivity contribution in [3.63, 3.8) is 0 Å². The van der Waals surface area contributed by atoms with Crippen molar-refractivity contribution in [2.75, 3.05) is 17.2 Å². The molecule has 0 saturated carbocycles. The molecule has 4 nitrogen and oxygen atoms in total. The van der Waals surface area contributed by atoms with Gasteiger partial charge >= 0.3 is 6.18 Å². The van der Waals surface area contributed by atoms with E-state index >= 15 is 0 Å². The Morgan fingerprint density at radius 2 is 1.95 bits per heavy atom. The van der Waals surface area contributed by atoms with Crippen LogP contribution < -0.4 is 4.90 Å². The first-order valence-electron chi connectivity index (χ1n) is 6.07. The number of alkyl halides is 3. The minimum Gasteiger partial charge on any atom is -0.312 e. The van der Waals surface area contributed by atoms with Gasteiger partial charge in [0.1, 0.15) is 0 Å². The van der Waals surface area contributed by atoms with Crippen molar-refractivity contribution in [2.45, 2.75) is 12.6 Å². The van der Waals surface area contributed by atoms with Gasteiger partial charge in [0.25, 0.3) is 0 Å². The minimum absolute atomic E-state index is 0.0102.